The van der Waals surface area contributed by atoms with Crippen molar-refractivity contribution in [1.29, 1.82) is 0 Å². The zero-order valence-electron chi connectivity index (χ0n) is 11.2. The fraction of sp³-hybridized carbons (Fsp3) is 0.400. The molecule has 0 spiro atoms. The van der Waals surface area contributed by atoms with Crippen LogP contribution in [0, 0.1) is 0 Å². The molecule has 1 aromatic carbocycles. The molecule has 2 rings (SSSR count). The monoisotopic (exact) mass is 260 g/mol. The Hall–Kier alpha value is -1.81. The molecular weight excluding hydrogens is 240 g/mol. The van der Waals surface area contributed by atoms with Crippen LogP contribution in [0.1, 0.15) is 31.4 Å². The molecule has 2 amide bonds. The first-order valence-corrected chi connectivity index (χ1v) is 6.63. The number of ether oxygens (including phenoxy) is 1. The van der Waals surface area contributed by atoms with Crippen LogP contribution < -0.4 is 10.6 Å². The second-order valence-electron chi connectivity index (χ2n) is 4.67. The molecule has 1 fully saturated rings. The average Bonchev–Trinajstić information content (AvgIpc) is 2.47. The minimum Gasteiger partial charge on any atom is -0.381 e. The summed E-state index contributed by atoms with van der Waals surface area (Å²) < 4.78 is 5.26. The van der Waals surface area contributed by atoms with Crippen LogP contribution in [0.25, 0.3) is 0 Å². The molecule has 19 heavy (non-hydrogen) atoms. The van der Waals surface area contributed by atoms with Crippen molar-refractivity contribution in [1.82, 2.24) is 10.6 Å². The Morgan fingerprint density at radius 1 is 1.26 bits per heavy atom. The average molecular weight is 260 g/mol. The van der Waals surface area contributed by atoms with Gasteiger partial charge in [0.2, 0.25) is 0 Å². The third-order valence-corrected chi connectivity index (χ3v) is 3.19. The molecule has 0 aliphatic carbocycles. The quantitative estimate of drug-likeness (QED) is 0.878. The predicted molar refractivity (Wildman–Crippen MR) is 74.7 cm³/mol. The van der Waals surface area contributed by atoms with E-state index in [1.54, 1.807) is 6.20 Å². The molecule has 1 unspecified atom stereocenters. The normalized spacial score (nSPS) is 16.6. The topological polar surface area (TPSA) is 50.4 Å². The molecule has 0 aromatic heterocycles. The summed E-state index contributed by atoms with van der Waals surface area (Å²) in [6.45, 7) is 3.46. The zero-order chi connectivity index (χ0) is 13.5. The van der Waals surface area contributed by atoms with Crippen LogP contribution in [-0.4, -0.2) is 19.2 Å². The maximum absolute atomic E-state index is 11.8. The first-order valence-electron chi connectivity index (χ1n) is 6.63. The number of hydrogen-bond donors (Lipinski definition) is 2. The Labute approximate surface area is 113 Å². The van der Waals surface area contributed by atoms with Crippen molar-refractivity contribution >= 4 is 6.03 Å². The summed E-state index contributed by atoms with van der Waals surface area (Å²) in [5.41, 5.74) is 2.32. The van der Waals surface area contributed by atoms with E-state index in [0.29, 0.717) is 0 Å². The van der Waals surface area contributed by atoms with E-state index in [9.17, 15) is 4.79 Å². The van der Waals surface area contributed by atoms with Crippen LogP contribution in [0.5, 0.6) is 0 Å². The number of carbonyl (C=O) groups is 1. The molecule has 0 bridgehead atoms. The van der Waals surface area contributed by atoms with Crippen molar-refractivity contribution in [3.8, 4) is 0 Å². The van der Waals surface area contributed by atoms with Gasteiger partial charge in [0.15, 0.2) is 0 Å². The maximum atomic E-state index is 11.8. The Morgan fingerprint density at radius 2 is 1.95 bits per heavy atom. The van der Waals surface area contributed by atoms with Crippen molar-refractivity contribution in [2.75, 3.05) is 13.2 Å². The van der Waals surface area contributed by atoms with Gasteiger partial charge in [0.25, 0.3) is 0 Å². The van der Waals surface area contributed by atoms with Gasteiger partial charge >= 0.3 is 6.03 Å². The number of hydrogen-bond acceptors (Lipinski definition) is 2. The second-order valence-corrected chi connectivity index (χ2v) is 4.67. The lowest BCUT2D eigenvalue weighted by Crippen LogP contribution is -2.34. The largest absolute Gasteiger partial charge is 0.381 e. The summed E-state index contributed by atoms with van der Waals surface area (Å²) in [7, 11) is 0. The molecule has 0 saturated carbocycles. The highest BCUT2D eigenvalue weighted by Crippen LogP contribution is 2.12. The van der Waals surface area contributed by atoms with Gasteiger partial charge in [-0.2, -0.15) is 0 Å². The van der Waals surface area contributed by atoms with Crippen LogP contribution in [0.15, 0.2) is 42.1 Å². The number of benzene rings is 1. The van der Waals surface area contributed by atoms with E-state index < -0.39 is 0 Å². The third-order valence-electron chi connectivity index (χ3n) is 3.19. The third kappa shape index (κ3) is 4.41. The molecule has 102 valence electrons. The van der Waals surface area contributed by atoms with Crippen LogP contribution in [0.4, 0.5) is 4.79 Å². The summed E-state index contributed by atoms with van der Waals surface area (Å²) in [5, 5.41) is 5.70. The summed E-state index contributed by atoms with van der Waals surface area (Å²) >= 11 is 0. The Balaban J connectivity index is 1.81. The van der Waals surface area contributed by atoms with E-state index in [-0.39, 0.29) is 12.1 Å². The van der Waals surface area contributed by atoms with E-state index in [0.717, 1.165) is 31.6 Å². The lowest BCUT2D eigenvalue weighted by molar-refractivity contribution is 0.119. The van der Waals surface area contributed by atoms with Gasteiger partial charge < -0.3 is 15.4 Å². The Bertz CT molecular complexity index is 435. The lowest BCUT2D eigenvalue weighted by atomic mass is 10.1. The molecule has 1 aliphatic heterocycles. The fourth-order valence-electron chi connectivity index (χ4n) is 2.01. The SMILES string of the molecule is CC(NC(=O)NC=C1CCOCC1)c1ccccc1. The van der Waals surface area contributed by atoms with Crippen molar-refractivity contribution in [2.45, 2.75) is 25.8 Å². The molecule has 1 heterocycles. The van der Waals surface area contributed by atoms with Gasteiger partial charge in [-0.1, -0.05) is 30.3 Å². The van der Waals surface area contributed by atoms with Gasteiger partial charge in [-0.15, -0.1) is 0 Å². The van der Waals surface area contributed by atoms with Crippen molar-refractivity contribution in [3.05, 3.63) is 47.7 Å². The number of carbonyl (C=O) groups excluding carboxylic acids is 1. The van der Waals surface area contributed by atoms with Crippen LogP contribution in [0.2, 0.25) is 0 Å². The molecule has 0 radical (unpaired) electrons. The van der Waals surface area contributed by atoms with Crippen LogP contribution in [0.3, 0.4) is 0 Å². The minimum absolute atomic E-state index is 0.00529. The molecule has 4 nitrogen and oxygen atoms in total. The fourth-order valence-corrected chi connectivity index (χ4v) is 2.01. The van der Waals surface area contributed by atoms with Crippen molar-refractivity contribution in [2.24, 2.45) is 0 Å². The van der Waals surface area contributed by atoms with Crippen molar-refractivity contribution in [3.63, 3.8) is 0 Å². The summed E-state index contributed by atoms with van der Waals surface area (Å²) in [6.07, 6.45) is 3.60. The smallest absolute Gasteiger partial charge is 0.319 e. The van der Waals surface area contributed by atoms with Gasteiger partial charge in [-0.25, -0.2) is 4.79 Å². The molecule has 1 saturated heterocycles. The number of nitrogens with one attached hydrogen (secondary N) is 2. The van der Waals surface area contributed by atoms with Gasteiger partial charge in [-0.05, 0) is 30.9 Å². The maximum Gasteiger partial charge on any atom is 0.319 e. The Morgan fingerprint density at radius 3 is 2.63 bits per heavy atom. The van der Waals surface area contributed by atoms with Crippen LogP contribution >= 0.6 is 0 Å². The first-order chi connectivity index (χ1) is 9.25. The molecule has 1 aromatic rings. The van der Waals surface area contributed by atoms with Crippen LogP contribution in [-0.2, 0) is 4.74 Å². The van der Waals surface area contributed by atoms with Gasteiger partial charge in [0.1, 0.15) is 0 Å². The highest BCUT2D eigenvalue weighted by atomic mass is 16.5. The standard InChI is InChI=1S/C15H20N2O2/c1-12(14-5-3-2-4-6-14)17-15(18)16-11-13-7-9-19-10-8-13/h2-6,11-12H,7-10H2,1H3,(H2,16,17,18). The molecule has 1 aliphatic rings. The van der Waals surface area contributed by atoms with Gasteiger partial charge in [-0.3, -0.25) is 0 Å². The van der Waals surface area contributed by atoms with E-state index in [4.69, 9.17) is 4.74 Å². The molecular formula is C15H20N2O2. The van der Waals surface area contributed by atoms with E-state index in [2.05, 4.69) is 10.6 Å². The van der Waals surface area contributed by atoms with E-state index >= 15 is 0 Å². The molecule has 1 atom stereocenters. The van der Waals surface area contributed by atoms with E-state index in [1.165, 1.54) is 5.57 Å². The first kappa shape index (κ1) is 13.6. The number of rotatable bonds is 3. The summed E-state index contributed by atoms with van der Waals surface area (Å²) in [6, 6.07) is 9.73. The number of amides is 2. The van der Waals surface area contributed by atoms with Gasteiger partial charge in [0, 0.05) is 6.20 Å². The molecule has 2 N–H and O–H groups in total. The Kier molecular flexibility index (Phi) is 4.98. The lowest BCUT2D eigenvalue weighted by Gasteiger charge is -2.16. The van der Waals surface area contributed by atoms with Crippen molar-refractivity contribution < 1.29 is 9.53 Å². The minimum atomic E-state index is -0.171. The van der Waals surface area contributed by atoms with Gasteiger partial charge in [0.05, 0.1) is 19.3 Å². The van der Waals surface area contributed by atoms with E-state index in [1.807, 2.05) is 37.3 Å². The molecule has 4 heteroatoms. The summed E-state index contributed by atoms with van der Waals surface area (Å²) in [5.74, 6) is 0. The predicted octanol–water partition coefficient (Wildman–Crippen LogP) is 2.74. The second kappa shape index (κ2) is 6.95. The number of urea groups is 1. The zero-order valence-corrected chi connectivity index (χ0v) is 11.2. The summed E-state index contributed by atoms with van der Waals surface area (Å²) in [4.78, 5) is 11.8. The highest BCUT2D eigenvalue weighted by Gasteiger charge is 2.09. The highest BCUT2D eigenvalue weighted by molar-refractivity contribution is 5.75.